The van der Waals surface area contributed by atoms with Crippen molar-refractivity contribution in [2.24, 2.45) is 0 Å². The Bertz CT molecular complexity index is 1170. The molecule has 1 aliphatic rings. The minimum Gasteiger partial charge on any atom is -0.395 e. The van der Waals surface area contributed by atoms with E-state index in [1.807, 2.05) is 0 Å². The number of aliphatic hydroxyl groups excluding tert-OH is 1. The van der Waals surface area contributed by atoms with Gasteiger partial charge in [-0.3, -0.25) is 9.69 Å². The highest BCUT2D eigenvalue weighted by atomic mass is 19.4. The quantitative estimate of drug-likeness (QED) is 0.429. The van der Waals surface area contributed by atoms with Crippen molar-refractivity contribution in [2.75, 3.05) is 51.3 Å². The minimum absolute atomic E-state index is 0.0313. The van der Waals surface area contributed by atoms with E-state index in [1.165, 1.54) is 12.4 Å². The van der Waals surface area contributed by atoms with Crippen LogP contribution in [0.1, 0.15) is 34.2 Å². The minimum atomic E-state index is -4.63. The fraction of sp³-hybridized carbons (Fsp3) is 0.417. The molecule has 1 amide bonds. The van der Waals surface area contributed by atoms with Crippen LogP contribution in [0.2, 0.25) is 0 Å². The molecule has 1 saturated heterocycles. The van der Waals surface area contributed by atoms with Crippen LogP contribution in [0.4, 0.5) is 19.0 Å². The van der Waals surface area contributed by atoms with Crippen LogP contribution >= 0.6 is 0 Å². The maximum absolute atomic E-state index is 13.2. The highest BCUT2D eigenvalue weighted by Gasteiger charge is 2.35. The number of aromatic nitrogens is 3. The van der Waals surface area contributed by atoms with Gasteiger partial charge in [-0.2, -0.15) is 13.2 Å². The first kappa shape index (κ1) is 25.7. The van der Waals surface area contributed by atoms with Gasteiger partial charge in [-0.15, -0.1) is 0 Å². The van der Waals surface area contributed by atoms with E-state index in [-0.39, 0.29) is 19.1 Å². The van der Waals surface area contributed by atoms with Crippen molar-refractivity contribution in [1.82, 2.24) is 25.2 Å². The number of hydrogen-bond acceptors (Lipinski definition) is 8. The summed E-state index contributed by atoms with van der Waals surface area (Å²) in [7, 11) is 0. The van der Waals surface area contributed by atoms with Gasteiger partial charge in [0, 0.05) is 61.7 Å². The number of fused-ring (bicyclic) bond motifs is 1. The Morgan fingerprint density at radius 3 is 2.69 bits per heavy atom. The number of anilines is 1. The molecule has 4 rings (SSSR count). The Morgan fingerprint density at radius 1 is 1.14 bits per heavy atom. The lowest BCUT2D eigenvalue weighted by Crippen LogP contribution is -2.39. The molecule has 36 heavy (non-hydrogen) atoms. The zero-order valence-corrected chi connectivity index (χ0v) is 19.5. The second kappa shape index (κ2) is 11.6. The number of rotatable bonds is 8. The maximum Gasteiger partial charge on any atom is 0.451 e. The molecule has 12 heteroatoms. The summed E-state index contributed by atoms with van der Waals surface area (Å²) in [6.07, 6.45) is -1.54. The number of carbonyl (C=O) groups is 1. The lowest BCUT2D eigenvalue weighted by Gasteiger charge is -2.30. The number of pyridine rings is 1. The van der Waals surface area contributed by atoms with E-state index in [0.29, 0.717) is 60.7 Å². The summed E-state index contributed by atoms with van der Waals surface area (Å²) in [5, 5.41) is 15.6. The lowest BCUT2D eigenvalue weighted by molar-refractivity contribution is -0.145. The summed E-state index contributed by atoms with van der Waals surface area (Å²) in [6.45, 7) is 2.76. The van der Waals surface area contributed by atoms with E-state index >= 15 is 0 Å². The summed E-state index contributed by atoms with van der Waals surface area (Å²) >= 11 is 0. The van der Waals surface area contributed by atoms with Crippen LogP contribution in [-0.2, 0) is 10.9 Å². The smallest absolute Gasteiger partial charge is 0.395 e. The van der Waals surface area contributed by atoms with Crippen LogP contribution in [0.3, 0.4) is 0 Å². The Hall–Kier alpha value is -3.35. The molecule has 0 saturated carbocycles. The molecule has 9 nitrogen and oxygen atoms in total. The molecule has 3 aromatic rings. The average Bonchev–Trinajstić information content (AvgIpc) is 3.16. The largest absolute Gasteiger partial charge is 0.451 e. The van der Waals surface area contributed by atoms with Gasteiger partial charge in [0.2, 0.25) is 5.82 Å². The predicted octanol–water partition coefficient (Wildman–Crippen LogP) is 2.64. The van der Waals surface area contributed by atoms with Crippen molar-refractivity contribution in [3.05, 3.63) is 59.7 Å². The maximum atomic E-state index is 13.2. The zero-order chi connectivity index (χ0) is 25.5. The van der Waals surface area contributed by atoms with Gasteiger partial charge in [0.15, 0.2) is 0 Å². The fourth-order valence-corrected chi connectivity index (χ4v) is 4.11. The van der Waals surface area contributed by atoms with Crippen LogP contribution in [0.15, 0.2) is 42.7 Å². The monoisotopic (exact) mass is 504 g/mol. The van der Waals surface area contributed by atoms with Crippen molar-refractivity contribution in [3.63, 3.8) is 0 Å². The number of hydrogen-bond donors (Lipinski definition) is 3. The van der Waals surface area contributed by atoms with Crippen LogP contribution < -0.4 is 10.6 Å². The summed E-state index contributed by atoms with van der Waals surface area (Å²) < 4.78 is 44.4. The van der Waals surface area contributed by atoms with E-state index in [4.69, 9.17) is 9.84 Å². The van der Waals surface area contributed by atoms with Gasteiger partial charge in [-0.05, 0) is 30.7 Å². The Kier molecular flexibility index (Phi) is 8.28. The highest BCUT2D eigenvalue weighted by molar-refractivity contribution is 6.06. The Morgan fingerprint density at radius 2 is 1.94 bits per heavy atom. The molecule has 0 bridgehead atoms. The standard InChI is InChI=1S/C24H27F3N6O3/c25-24(26,27)23-30-13-16(14-31-23)20(33-8-2-11-36-12-9-33)15-29-22(35)18-3-1-4-19-17(18)5-6-21(32-19)28-7-10-34/h1,3-6,13-14,20,34H,2,7-12,15H2,(H,28,32)(H,29,35). The van der Waals surface area contributed by atoms with E-state index in [1.54, 1.807) is 30.3 Å². The molecule has 3 N–H and O–H groups in total. The second-order valence-corrected chi connectivity index (χ2v) is 8.28. The van der Waals surface area contributed by atoms with Crippen molar-refractivity contribution in [1.29, 1.82) is 0 Å². The normalized spacial score (nSPS) is 15.9. The number of alkyl halides is 3. The third kappa shape index (κ3) is 6.25. The molecule has 1 atom stereocenters. The van der Waals surface area contributed by atoms with Crippen molar-refractivity contribution >= 4 is 22.6 Å². The zero-order valence-electron chi connectivity index (χ0n) is 19.5. The van der Waals surface area contributed by atoms with E-state index in [0.717, 1.165) is 6.42 Å². The van der Waals surface area contributed by atoms with Crippen LogP contribution in [0.25, 0.3) is 10.9 Å². The van der Waals surface area contributed by atoms with Gasteiger partial charge < -0.3 is 20.5 Å². The third-order valence-electron chi connectivity index (χ3n) is 5.86. The molecule has 1 unspecified atom stereocenters. The van der Waals surface area contributed by atoms with Gasteiger partial charge in [-0.1, -0.05) is 6.07 Å². The summed E-state index contributed by atoms with van der Waals surface area (Å²) in [5.41, 5.74) is 1.52. The van der Waals surface area contributed by atoms with Crippen LogP contribution in [0.5, 0.6) is 0 Å². The highest BCUT2D eigenvalue weighted by Crippen LogP contribution is 2.27. The number of aliphatic hydroxyl groups is 1. The molecule has 0 spiro atoms. The Labute approximate surface area is 205 Å². The van der Waals surface area contributed by atoms with Gasteiger partial charge >= 0.3 is 6.18 Å². The third-order valence-corrected chi connectivity index (χ3v) is 5.86. The number of nitrogens with one attached hydrogen (secondary N) is 2. The van der Waals surface area contributed by atoms with Crippen LogP contribution in [-0.4, -0.2) is 76.9 Å². The molecule has 1 aromatic carbocycles. The summed E-state index contributed by atoms with van der Waals surface area (Å²) in [5.74, 6) is -0.952. The summed E-state index contributed by atoms with van der Waals surface area (Å²) in [6, 6.07) is 8.29. The average molecular weight is 505 g/mol. The number of halogens is 3. The fourth-order valence-electron chi connectivity index (χ4n) is 4.11. The molecule has 3 heterocycles. The SMILES string of the molecule is O=C(NCC(c1cnc(C(F)(F)F)nc1)N1CCCOCC1)c1cccc2nc(NCCO)ccc12. The number of benzene rings is 1. The molecule has 0 aliphatic carbocycles. The van der Waals surface area contributed by atoms with Crippen molar-refractivity contribution < 1.29 is 27.8 Å². The molecule has 2 aromatic heterocycles. The number of nitrogens with zero attached hydrogens (tertiary/aromatic N) is 4. The summed E-state index contributed by atoms with van der Waals surface area (Å²) in [4.78, 5) is 26.7. The number of amides is 1. The van der Waals surface area contributed by atoms with Gasteiger partial charge in [0.1, 0.15) is 5.82 Å². The molecular weight excluding hydrogens is 477 g/mol. The topological polar surface area (TPSA) is 113 Å². The van der Waals surface area contributed by atoms with E-state index in [9.17, 15) is 18.0 Å². The predicted molar refractivity (Wildman–Crippen MR) is 126 cm³/mol. The molecule has 192 valence electrons. The van der Waals surface area contributed by atoms with E-state index < -0.39 is 18.0 Å². The van der Waals surface area contributed by atoms with Gasteiger partial charge in [-0.25, -0.2) is 15.0 Å². The Balaban J connectivity index is 1.54. The number of ether oxygens (including phenoxy) is 1. The molecular formula is C24H27F3N6O3. The first-order valence-corrected chi connectivity index (χ1v) is 11.6. The van der Waals surface area contributed by atoms with Gasteiger partial charge in [0.05, 0.1) is 24.8 Å². The van der Waals surface area contributed by atoms with Gasteiger partial charge in [0.25, 0.3) is 5.91 Å². The molecule has 1 aliphatic heterocycles. The molecule has 1 fully saturated rings. The second-order valence-electron chi connectivity index (χ2n) is 8.28. The van der Waals surface area contributed by atoms with Crippen LogP contribution in [0, 0.1) is 0 Å². The number of carbonyl (C=O) groups excluding carboxylic acids is 1. The van der Waals surface area contributed by atoms with Crippen molar-refractivity contribution in [3.8, 4) is 0 Å². The van der Waals surface area contributed by atoms with E-state index in [2.05, 4.69) is 30.5 Å². The molecule has 0 radical (unpaired) electrons. The first-order chi connectivity index (χ1) is 17.4. The van der Waals surface area contributed by atoms with Crippen molar-refractivity contribution in [2.45, 2.75) is 18.6 Å². The lowest BCUT2D eigenvalue weighted by atomic mass is 10.1. The first-order valence-electron chi connectivity index (χ1n) is 11.6.